The zero-order valence-corrected chi connectivity index (χ0v) is 29.9. The molecule has 13 atom stereocenters. The molecule has 0 saturated heterocycles. The lowest BCUT2D eigenvalue weighted by molar-refractivity contribution is -0.334. The fraction of sp³-hybridized carbons (Fsp3) is 0.714. The standard InChI is InChI=1S/C42H55NO7/c1-25(2)11-12-29-22-41(48)34(39(24-44)16-13-30(45)23-40(29,39)47)14-17-38-15-7-6-9-26-8-4-5-10-27(26)19-33(43-3)31-18-28(21-42(38,41)49)36(38)32-20-35(46)50-37(31)32/h4-5,8,10,20,24-25,28-31,33-34,36-37,43,45,47-49H,7,11-19,21-23H2,1-3H3/t28-,29+,30+,31+,33+,34-,36-,37+,38-,39-,40-,41-,42-/m1/s1. The molecule has 8 heteroatoms. The molecular weight excluding hydrogens is 630 g/mol. The molecule has 0 amide bonds. The maximum Gasteiger partial charge on any atom is 0.331 e. The van der Waals surface area contributed by atoms with Gasteiger partial charge in [0.25, 0.3) is 0 Å². The van der Waals surface area contributed by atoms with Crippen LogP contribution in [0.25, 0.3) is 0 Å². The Morgan fingerprint density at radius 3 is 2.62 bits per heavy atom. The van der Waals surface area contributed by atoms with Gasteiger partial charge in [-0.05, 0) is 112 Å². The van der Waals surface area contributed by atoms with Crippen LogP contribution >= 0.6 is 0 Å². The first kappa shape index (κ1) is 34.5. The first-order valence-electron chi connectivity index (χ1n) is 19.3. The van der Waals surface area contributed by atoms with E-state index in [1.807, 2.05) is 19.2 Å². The van der Waals surface area contributed by atoms with E-state index in [1.165, 1.54) is 0 Å². The summed E-state index contributed by atoms with van der Waals surface area (Å²) < 4.78 is 6.17. The Hall–Kier alpha value is -2.54. The van der Waals surface area contributed by atoms with E-state index >= 15 is 0 Å². The number of hydrogen-bond donors (Lipinski definition) is 5. The number of hydrogen-bond acceptors (Lipinski definition) is 8. The SMILES string of the molecule is CN[C@H]1Cc2ccccc2C#CCC[C@]23CC[C@H]4[C@](O)(C[C@H](CCC(C)C)[C@]5(O)C[C@@H](O)CC[C@@]45C=O)[C@@]2(O)C[C@H]2C[C@@H]1[C@@H]1OC(=O)C=C1[C@@H]23. The van der Waals surface area contributed by atoms with Crippen molar-refractivity contribution in [3.8, 4) is 11.8 Å². The second kappa shape index (κ2) is 12.0. The molecule has 8 nitrogen and oxygen atoms in total. The van der Waals surface area contributed by atoms with E-state index in [-0.39, 0.29) is 49.0 Å². The first-order chi connectivity index (χ1) is 23.9. The number of carbonyl (C=O) groups is 2. The molecule has 1 aromatic carbocycles. The summed E-state index contributed by atoms with van der Waals surface area (Å²) in [4.78, 5) is 26.8. The smallest absolute Gasteiger partial charge is 0.331 e. The van der Waals surface area contributed by atoms with E-state index < -0.39 is 51.7 Å². The lowest BCUT2D eigenvalue weighted by Crippen LogP contribution is -2.79. The highest BCUT2D eigenvalue weighted by Crippen LogP contribution is 2.76. The highest BCUT2D eigenvalue weighted by atomic mass is 16.5. The Balaban J connectivity index is 1.30. The lowest BCUT2D eigenvalue weighted by Gasteiger charge is -2.71. The van der Waals surface area contributed by atoms with Gasteiger partial charge in [-0.15, -0.1) is 0 Å². The second-order valence-corrected chi connectivity index (χ2v) is 17.8. The monoisotopic (exact) mass is 685 g/mol. The van der Waals surface area contributed by atoms with Gasteiger partial charge in [0.1, 0.15) is 18.0 Å². The van der Waals surface area contributed by atoms with Crippen LogP contribution in [0.1, 0.15) is 102 Å². The Labute approximate surface area is 296 Å². The molecule has 1 heterocycles. The van der Waals surface area contributed by atoms with Crippen molar-refractivity contribution in [3.05, 3.63) is 47.0 Å². The van der Waals surface area contributed by atoms with Gasteiger partial charge in [0.05, 0.1) is 22.7 Å². The molecule has 0 aromatic heterocycles. The number of rotatable bonds is 5. The van der Waals surface area contributed by atoms with Gasteiger partial charge in [0.2, 0.25) is 0 Å². The maximum absolute atomic E-state index is 13.8. The zero-order valence-electron chi connectivity index (χ0n) is 29.9. The van der Waals surface area contributed by atoms with Crippen molar-refractivity contribution in [1.82, 2.24) is 5.32 Å². The fourth-order valence-electron chi connectivity index (χ4n) is 13.4. The molecule has 1 aromatic rings. The van der Waals surface area contributed by atoms with Crippen LogP contribution in [0.15, 0.2) is 35.9 Å². The molecule has 5 N–H and O–H groups in total. The minimum absolute atomic E-state index is 0.0138. The molecule has 0 radical (unpaired) electrons. The minimum atomic E-state index is -1.66. The highest BCUT2D eigenvalue weighted by Gasteiger charge is 2.81. The van der Waals surface area contributed by atoms with Gasteiger partial charge < -0.3 is 35.3 Å². The van der Waals surface area contributed by atoms with Crippen molar-refractivity contribution in [2.45, 2.75) is 132 Å². The number of aliphatic hydroxyl groups is 4. The molecule has 5 saturated carbocycles. The largest absolute Gasteiger partial charge is 0.454 e. The third kappa shape index (κ3) is 4.55. The number of carbonyl (C=O) groups excluding carboxylic acids is 2. The van der Waals surface area contributed by atoms with Gasteiger partial charge in [-0.3, -0.25) is 0 Å². The Morgan fingerprint density at radius 2 is 1.86 bits per heavy atom. The van der Waals surface area contributed by atoms with Crippen LogP contribution in [0.5, 0.6) is 0 Å². The number of ether oxygens (including phenoxy) is 1. The fourth-order valence-corrected chi connectivity index (χ4v) is 13.4. The molecule has 0 unspecified atom stereocenters. The zero-order chi connectivity index (χ0) is 35.3. The maximum atomic E-state index is 13.8. The van der Waals surface area contributed by atoms with Crippen molar-refractivity contribution in [2.24, 2.45) is 46.3 Å². The Bertz CT molecular complexity index is 1650. The summed E-state index contributed by atoms with van der Waals surface area (Å²) in [6.07, 6.45) is 7.62. The number of likely N-dealkylation sites (N-methyl/N-ethyl adjacent to an activating group) is 1. The van der Waals surface area contributed by atoms with Gasteiger partial charge in [0.15, 0.2) is 0 Å². The molecule has 1 spiro atoms. The quantitative estimate of drug-likeness (QED) is 0.177. The van der Waals surface area contributed by atoms with Gasteiger partial charge >= 0.3 is 5.97 Å². The summed E-state index contributed by atoms with van der Waals surface area (Å²) in [7, 11) is 1.96. The van der Waals surface area contributed by atoms with Crippen LogP contribution in [-0.4, -0.2) is 74.8 Å². The van der Waals surface area contributed by atoms with Crippen molar-refractivity contribution >= 4 is 12.3 Å². The lowest BCUT2D eigenvalue weighted by atomic mass is 9.37. The van der Waals surface area contributed by atoms with Crippen molar-refractivity contribution in [3.63, 3.8) is 0 Å². The third-order valence-corrected chi connectivity index (χ3v) is 15.5. The summed E-state index contributed by atoms with van der Waals surface area (Å²) in [5, 5.41) is 54.6. The summed E-state index contributed by atoms with van der Waals surface area (Å²) >= 11 is 0. The first-order valence-corrected chi connectivity index (χ1v) is 19.3. The second-order valence-electron chi connectivity index (χ2n) is 17.8. The Kier molecular flexibility index (Phi) is 8.29. The van der Waals surface area contributed by atoms with Crippen molar-refractivity contribution in [2.75, 3.05) is 7.05 Å². The van der Waals surface area contributed by atoms with Crippen LogP contribution in [0, 0.1) is 58.2 Å². The molecule has 9 rings (SSSR count). The van der Waals surface area contributed by atoms with E-state index in [0.29, 0.717) is 50.9 Å². The molecule has 1 aliphatic heterocycles. The normalized spacial score (nSPS) is 47.4. The van der Waals surface area contributed by atoms with E-state index in [0.717, 1.165) is 42.2 Å². The number of benzene rings is 1. The van der Waals surface area contributed by atoms with Gasteiger partial charge in [-0.1, -0.05) is 50.3 Å². The summed E-state index contributed by atoms with van der Waals surface area (Å²) in [6.45, 7) is 4.26. The number of nitrogens with one attached hydrogen (secondary N) is 1. The summed E-state index contributed by atoms with van der Waals surface area (Å²) in [6, 6.07) is 8.23. The average molecular weight is 686 g/mol. The van der Waals surface area contributed by atoms with E-state index in [9.17, 15) is 30.0 Å². The van der Waals surface area contributed by atoms with E-state index in [2.05, 4.69) is 43.1 Å². The molecule has 8 aliphatic rings. The van der Waals surface area contributed by atoms with Crippen LogP contribution in [0.3, 0.4) is 0 Å². The van der Waals surface area contributed by atoms with Crippen LogP contribution in [0.2, 0.25) is 0 Å². The Morgan fingerprint density at radius 1 is 1.06 bits per heavy atom. The van der Waals surface area contributed by atoms with Gasteiger partial charge in [-0.25, -0.2) is 4.79 Å². The summed E-state index contributed by atoms with van der Waals surface area (Å²) in [5.41, 5.74) is -3.73. The average Bonchev–Trinajstić information content (AvgIpc) is 3.59. The molecule has 4 bridgehead atoms. The van der Waals surface area contributed by atoms with Crippen molar-refractivity contribution in [1.29, 1.82) is 0 Å². The number of fused-ring (bicyclic) bond motifs is 7. The summed E-state index contributed by atoms with van der Waals surface area (Å²) in [5.74, 6) is 5.55. The molecule has 7 aliphatic carbocycles. The molecule has 270 valence electrons. The van der Waals surface area contributed by atoms with Crippen LogP contribution in [0.4, 0.5) is 0 Å². The van der Waals surface area contributed by atoms with Crippen LogP contribution < -0.4 is 5.32 Å². The highest BCUT2D eigenvalue weighted by molar-refractivity contribution is 5.86. The number of aliphatic hydroxyl groups excluding tert-OH is 1. The molecule has 5 fully saturated rings. The number of aldehydes is 1. The minimum Gasteiger partial charge on any atom is -0.454 e. The van der Waals surface area contributed by atoms with Gasteiger partial charge in [0, 0.05) is 47.8 Å². The van der Waals surface area contributed by atoms with E-state index in [4.69, 9.17) is 4.74 Å². The molecular formula is C42H55NO7. The number of esters is 1. The predicted octanol–water partition coefficient (Wildman–Crippen LogP) is 4.25. The topological polar surface area (TPSA) is 136 Å². The third-order valence-electron chi connectivity index (χ3n) is 15.5. The van der Waals surface area contributed by atoms with Gasteiger partial charge in [-0.2, -0.15) is 0 Å². The van der Waals surface area contributed by atoms with Crippen LogP contribution in [-0.2, 0) is 20.7 Å². The van der Waals surface area contributed by atoms with E-state index in [1.54, 1.807) is 6.08 Å². The van der Waals surface area contributed by atoms with Crippen molar-refractivity contribution < 1.29 is 34.8 Å². The predicted molar refractivity (Wildman–Crippen MR) is 187 cm³/mol. The molecule has 50 heavy (non-hydrogen) atoms.